The zero-order chi connectivity index (χ0) is 10.7. The van der Waals surface area contributed by atoms with Crippen molar-refractivity contribution in [3.63, 3.8) is 0 Å². The van der Waals surface area contributed by atoms with Gasteiger partial charge in [0.25, 0.3) is 0 Å². The monoisotopic (exact) mass is 201 g/mol. The van der Waals surface area contributed by atoms with Gasteiger partial charge in [-0.3, -0.25) is 0 Å². The van der Waals surface area contributed by atoms with Gasteiger partial charge in [0.05, 0.1) is 0 Å². The summed E-state index contributed by atoms with van der Waals surface area (Å²) in [6.45, 7) is 1.36. The second-order valence-electron chi connectivity index (χ2n) is 3.21. The number of hydrogen-bond donors (Lipinski definition) is 2. The SMILES string of the molecule is Cc1ccc(F)c(C(N)CCO)c1F. The van der Waals surface area contributed by atoms with E-state index in [1.54, 1.807) is 6.92 Å². The van der Waals surface area contributed by atoms with E-state index in [0.29, 0.717) is 5.56 Å². The molecule has 0 aliphatic rings. The van der Waals surface area contributed by atoms with Gasteiger partial charge in [0, 0.05) is 18.2 Å². The van der Waals surface area contributed by atoms with Crippen molar-refractivity contribution in [2.75, 3.05) is 6.61 Å². The van der Waals surface area contributed by atoms with Gasteiger partial charge in [-0.2, -0.15) is 0 Å². The molecule has 1 unspecified atom stereocenters. The van der Waals surface area contributed by atoms with Crippen molar-refractivity contribution in [3.05, 3.63) is 34.9 Å². The maximum atomic E-state index is 13.4. The van der Waals surface area contributed by atoms with Crippen LogP contribution in [0.1, 0.15) is 23.6 Å². The summed E-state index contributed by atoms with van der Waals surface area (Å²) in [5.41, 5.74) is 5.75. The standard InChI is InChI=1S/C10H13F2NO/c1-6-2-3-7(11)9(10(6)12)8(13)4-5-14/h2-3,8,14H,4-5,13H2,1H3. The van der Waals surface area contributed by atoms with Gasteiger partial charge < -0.3 is 10.8 Å². The van der Waals surface area contributed by atoms with Crippen LogP contribution in [0.15, 0.2) is 12.1 Å². The minimum absolute atomic E-state index is 0.140. The second kappa shape index (κ2) is 4.48. The van der Waals surface area contributed by atoms with E-state index in [-0.39, 0.29) is 18.6 Å². The van der Waals surface area contributed by atoms with Gasteiger partial charge in [0.15, 0.2) is 0 Å². The van der Waals surface area contributed by atoms with Crippen molar-refractivity contribution in [1.82, 2.24) is 0 Å². The lowest BCUT2D eigenvalue weighted by molar-refractivity contribution is 0.274. The van der Waals surface area contributed by atoms with Gasteiger partial charge in [-0.15, -0.1) is 0 Å². The molecule has 1 aromatic rings. The van der Waals surface area contributed by atoms with Crippen LogP contribution >= 0.6 is 0 Å². The zero-order valence-corrected chi connectivity index (χ0v) is 7.93. The molecule has 0 amide bonds. The number of aryl methyl sites for hydroxylation is 1. The molecule has 78 valence electrons. The van der Waals surface area contributed by atoms with Crippen molar-refractivity contribution < 1.29 is 13.9 Å². The molecule has 0 aliphatic heterocycles. The molecule has 0 radical (unpaired) electrons. The van der Waals surface area contributed by atoms with E-state index in [1.807, 2.05) is 0 Å². The van der Waals surface area contributed by atoms with E-state index in [9.17, 15) is 8.78 Å². The lowest BCUT2D eigenvalue weighted by atomic mass is 10.0. The third-order valence-corrected chi connectivity index (χ3v) is 2.13. The predicted octanol–water partition coefficient (Wildman–Crippen LogP) is 1.66. The van der Waals surface area contributed by atoms with Gasteiger partial charge in [0.1, 0.15) is 11.6 Å². The van der Waals surface area contributed by atoms with Crippen molar-refractivity contribution in [1.29, 1.82) is 0 Å². The smallest absolute Gasteiger partial charge is 0.133 e. The fourth-order valence-corrected chi connectivity index (χ4v) is 1.30. The van der Waals surface area contributed by atoms with Crippen LogP contribution in [-0.2, 0) is 0 Å². The number of hydrogen-bond acceptors (Lipinski definition) is 2. The summed E-state index contributed by atoms with van der Waals surface area (Å²) in [6, 6.07) is 1.75. The Morgan fingerprint density at radius 1 is 1.43 bits per heavy atom. The summed E-state index contributed by atoms with van der Waals surface area (Å²) in [5.74, 6) is -1.28. The van der Waals surface area contributed by atoms with Crippen LogP contribution in [0.5, 0.6) is 0 Å². The Morgan fingerprint density at radius 3 is 2.64 bits per heavy atom. The van der Waals surface area contributed by atoms with Crippen LogP contribution in [0, 0.1) is 18.6 Å². The van der Waals surface area contributed by atoms with Crippen LogP contribution in [-0.4, -0.2) is 11.7 Å². The molecule has 0 heterocycles. The van der Waals surface area contributed by atoms with Gasteiger partial charge >= 0.3 is 0 Å². The van der Waals surface area contributed by atoms with Gasteiger partial charge in [-0.05, 0) is 25.0 Å². The summed E-state index contributed by atoms with van der Waals surface area (Å²) in [5, 5.41) is 8.62. The van der Waals surface area contributed by atoms with E-state index >= 15 is 0 Å². The minimum atomic E-state index is -0.792. The summed E-state index contributed by atoms with van der Waals surface area (Å²) in [6.07, 6.45) is 0.150. The third kappa shape index (κ3) is 2.08. The van der Waals surface area contributed by atoms with E-state index in [4.69, 9.17) is 10.8 Å². The van der Waals surface area contributed by atoms with Gasteiger partial charge in [-0.1, -0.05) is 6.07 Å². The highest BCUT2D eigenvalue weighted by Gasteiger charge is 2.17. The molecule has 0 aromatic heterocycles. The second-order valence-corrected chi connectivity index (χ2v) is 3.21. The molecular weight excluding hydrogens is 188 g/mol. The fraction of sp³-hybridized carbons (Fsp3) is 0.400. The van der Waals surface area contributed by atoms with Crippen LogP contribution in [0.4, 0.5) is 8.78 Å². The Balaban J connectivity index is 3.11. The van der Waals surface area contributed by atoms with Crippen molar-refractivity contribution in [3.8, 4) is 0 Å². The molecule has 1 atom stereocenters. The zero-order valence-electron chi connectivity index (χ0n) is 7.93. The Labute approximate surface area is 81.4 Å². The highest BCUT2D eigenvalue weighted by Crippen LogP contribution is 2.23. The first-order chi connectivity index (χ1) is 6.57. The van der Waals surface area contributed by atoms with Crippen LogP contribution in [0.3, 0.4) is 0 Å². The van der Waals surface area contributed by atoms with E-state index in [2.05, 4.69) is 0 Å². The van der Waals surface area contributed by atoms with Crippen molar-refractivity contribution in [2.45, 2.75) is 19.4 Å². The highest BCUT2D eigenvalue weighted by molar-refractivity contribution is 5.28. The molecule has 0 spiro atoms. The lowest BCUT2D eigenvalue weighted by Crippen LogP contribution is -2.16. The predicted molar refractivity (Wildman–Crippen MR) is 49.7 cm³/mol. The fourth-order valence-electron chi connectivity index (χ4n) is 1.30. The number of nitrogens with two attached hydrogens (primary N) is 1. The first-order valence-corrected chi connectivity index (χ1v) is 4.39. The van der Waals surface area contributed by atoms with Crippen LogP contribution in [0.2, 0.25) is 0 Å². The maximum Gasteiger partial charge on any atom is 0.133 e. The molecule has 0 bridgehead atoms. The Hall–Kier alpha value is -1.00. The molecule has 0 aliphatic carbocycles. The van der Waals surface area contributed by atoms with Gasteiger partial charge in [-0.25, -0.2) is 8.78 Å². The van der Waals surface area contributed by atoms with E-state index in [1.165, 1.54) is 12.1 Å². The van der Waals surface area contributed by atoms with E-state index in [0.717, 1.165) is 0 Å². The maximum absolute atomic E-state index is 13.4. The van der Waals surface area contributed by atoms with E-state index < -0.39 is 17.7 Å². The molecule has 4 heteroatoms. The largest absolute Gasteiger partial charge is 0.396 e. The quantitative estimate of drug-likeness (QED) is 0.781. The summed E-state index contributed by atoms with van der Waals surface area (Å²) >= 11 is 0. The Morgan fingerprint density at radius 2 is 2.07 bits per heavy atom. The molecule has 3 N–H and O–H groups in total. The molecule has 0 fully saturated rings. The van der Waals surface area contributed by atoms with Crippen LogP contribution in [0.25, 0.3) is 0 Å². The van der Waals surface area contributed by atoms with Crippen molar-refractivity contribution in [2.24, 2.45) is 5.73 Å². The molecule has 14 heavy (non-hydrogen) atoms. The summed E-state index contributed by atoms with van der Waals surface area (Å²) in [4.78, 5) is 0. The number of benzene rings is 1. The lowest BCUT2D eigenvalue weighted by Gasteiger charge is -2.13. The highest BCUT2D eigenvalue weighted by atomic mass is 19.1. The summed E-state index contributed by atoms with van der Waals surface area (Å²) < 4.78 is 26.6. The number of halogens is 2. The number of rotatable bonds is 3. The average Bonchev–Trinajstić information content (AvgIpc) is 2.13. The number of aliphatic hydroxyl groups excluding tert-OH is 1. The number of aliphatic hydroxyl groups is 1. The first-order valence-electron chi connectivity index (χ1n) is 4.39. The average molecular weight is 201 g/mol. The normalized spacial score (nSPS) is 12.9. The topological polar surface area (TPSA) is 46.2 Å². The van der Waals surface area contributed by atoms with Gasteiger partial charge in [0.2, 0.25) is 0 Å². The Kier molecular flexibility index (Phi) is 3.55. The first kappa shape index (κ1) is 11.1. The molecule has 0 saturated heterocycles. The van der Waals surface area contributed by atoms with Crippen molar-refractivity contribution >= 4 is 0 Å². The third-order valence-electron chi connectivity index (χ3n) is 2.13. The molecular formula is C10H13F2NO. The molecule has 0 saturated carbocycles. The summed E-state index contributed by atoms with van der Waals surface area (Å²) in [7, 11) is 0. The molecule has 2 nitrogen and oxygen atoms in total. The minimum Gasteiger partial charge on any atom is -0.396 e. The molecule has 1 rings (SSSR count). The van der Waals surface area contributed by atoms with Crippen LogP contribution < -0.4 is 5.73 Å². The Bertz CT molecular complexity index is 328. The molecule has 1 aromatic carbocycles.